The number of carbonyl (C=O) groups excluding carboxylic acids is 2. The molecule has 1 unspecified atom stereocenters. The Labute approximate surface area is 220 Å². The lowest BCUT2D eigenvalue weighted by atomic mass is 9.88. The summed E-state index contributed by atoms with van der Waals surface area (Å²) in [6.07, 6.45) is 11.1. The number of benzene rings is 2. The molecule has 0 bridgehead atoms. The third-order valence-corrected chi connectivity index (χ3v) is 8.23. The molecule has 5 rings (SSSR count). The molecule has 2 aliphatic rings. The van der Waals surface area contributed by atoms with E-state index < -0.39 is 0 Å². The molecule has 2 saturated carbocycles. The fourth-order valence-corrected chi connectivity index (χ4v) is 6.17. The smallest absolute Gasteiger partial charge is 0.243 e. The fraction of sp³-hybridized carbons (Fsp3) is 0.516. The van der Waals surface area contributed by atoms with Gasteiger partial charge >= 0.3 is 0 Å². The fourth-order valence-electron chi connectivity index (χ4n) is 6.17. The molecular formula is C31H40N4O2. The standard InChI is InChI=1S/C31H40N4O2/c1-23(32-31(37)25-15-7-3-8-16-25)30-33-27-19-11-12-20-28(27)35(30)22-29(36)34(26-17-9-4-10-18-26)21-24-13-5-2-6-14-24/h2,5-6,11-14,19-20,23,25-26H,3-4,7-10,15-18,21-22H2,1H3,(H,32,37). The monoisotopic (exact) mass is 500 g/mol. The van der Waals surface area contributed by atoms with Gasteiger partial charge in [-0.1, -0.05) is 81.0 Å². The second-order valence-corrected chi connectivity index (χ2v) is 10.9. The second kappa shape index (κ2) is 11.9. The van der Waals surface area contributed by atoms with E-state index in [-0.39, 0.29) is 36.4 Å². The van der Waals surface area contributed by atoms with Crippen molar-refractivity contribution in [1.29, 1.82) is 0 Å². The van der Waals surface area contributed by atoms with E-state index in [0.717, 1.165) is 60.9 Å². The van der Waals surface area contributed by atoms with E-state index >= 15 is 0 Å². The van der Waals surface area contributed by atoms with Crippen molar-refractivity contribution in [2.24, 2.45) is 5.92 Å². The van der Waals surface area contributed by atoms with Crippen molar-refractivity contribution in [3.05, 3.63) is 66.0 Å². The highest BCUT2D eigenvalue weighted by Crippen LogP contribution is 2.28. The van der Waals surface area contributed by atoms with E-state index in [0.29, 0.717) is 6.54 Å². The lowest BCUT2D eigenvalue weighted by Crippen LogP contribution is -2.43. The van der Waals surface area contributed by atoms with Crippen molar-refractivity contribution < 1.29 is 9.59 Å². The molecule has 0 saturated heterocycles. The van der Waals surface area contributed by atoms with Gasteiger partial charge in [0.15, 0.2) is 0 Å². The largest absolute Gasteiger partial charge is 0.346 e. The number of hydrogen-bond acceptors (Lipinski definition) is 3. The van der Waals surface area contributed by atoms with Crippen LogP contribution < -0.4 is 5.32 Å². The first-order chi connectivity index (χ1) is 18.1. The van der Waals surface area contributed by atoms with Crippen molar-refractivity contribution in [2.45, 2.75) is 96.3 Å². The van der Waals surface area contributed by atoms with E-state index in [4.69, 9.17) is 4.98 Å². The molecule has 0 aliphatic heterocycles. The number of amides is 2. The van der Waals surface area contributed by atoms with Crippen LogP contribution in [0, 0.1) is 5.92 Å². The molecule has 2 aliphatic carbocycles. The topological polar surface area (TPSA) is 67.2 Å². The molecule has 1 N–H and O–H groups in total. The van der Waals surface area contributed by atoms with Crippen LogP contribution in [0.2, 0.25) is 0 Å². The van der Waals surface area contributed by atoms with Gasteiger partial charge < -0.3 is 14.8 Å². The molecule has 1 aromatic heterocycles. The Hall–Kier alpha value is -3.15. The zero-order chi connectivity index (χ0) is 25.6. The van der Waals surface area contributed by atoms with E-state index in [9.17, 15) is 9.59 Å². The van der Waals surface area contributed by atoms with E-state index in [1.165, 1.54) is 25.7 Å². The summed E-state index contributed by atoms with van der Waals surface area (Å²) in [5.74, 6) is 1.07. The summed E-state index contributed by atoms with van der Waals surface area (Å²) in [5, 5.41) is 3.23. The summed E-state index contributed by atoms with van der Waals surface area (Å²) in [6.45, 7) is 2.84. The lowest BCUT2D eigenvalue weighted by Gasteiger charge is -2.35. The Bertz CT molecular complexity index is 1190. The maximum Gasteiger partial charge on any atom is 0.243 e. The van der Waals surface area contributed by atoms with Gasteiger partial charge in [0, 0.05) is 18.5 Å². The third kappa shape index (κ3) is 6.06. The number of fused-ring (bicyclic) bond motifs is 1. The maximum absolute atomic E-state index is 14.0. The van der Waals surface area contributed by atoms with Gasteiger partial charge in [0.05, 0.1) is 17.1 Å². The summed E-state index contributed by atoms with van der Waals surface area (Å²) in [6, 6.07) is 18.3. The van der Waals surface area contributed by atoms with Crippen molar-refractivity contribution in [2.75, 3.05) is 0 Å². The van der Waals surface area contributed by atoms with Gasteiger partial charge in [0.1, 0.15) is 12.4 Å². The minimum absolute atomic E-state index is 0.0864. The Balaban J connectivity index is 1.40. The van der Waals surface area contributed by atoms with Gasteiger partial charge in [-0.25, -0.2) is 4.98 Å². The predicted molar refractivity (Wildman–Crippen MR) is 147 cm³/mol. The van der Waals surface area contributed by atoms with Gasteiger partial charge in [-0.3, -0.25) is 9.59 Å². The quantitative estimate of drug-likeness (QED) is 0.403. The Morgan fingerprint density at radius 3 is 2.30 bits per heavy atom. The van der Waals surface area contributed by atoms with E-state index in [1.54, 1.807) is 0 Å². The number of nitrogens with zero attached hydrogens (tertiary/aromatic N) is 3. The minimum Gasteiger partial charge on any atom is -0.346 e. The van der Waals surface area contributed by atoms with E-state index in [1.807, 2.05) is 54.0 Å². The molecular weight excluding hydrogens is 460 g/mol. The number of hydrogen-bond donors (Lipinski definition) is 1. The van der Waals surface area contributed by atoms with Gasteiger partial charge in [0.25, 0.3) is 0 Å². The van der Waals surface area contributed by atoms with Crippen molar-refractivity contribution in [3.8, 4) is 0 Å². The summed E-state index contributed by atoms with van der Waals surface area (Å²) >= 11 is 0. The molecule has 2 fully saturated rings. The second-order valence-electron chi connectivity index (χ2n) is 10.9. The molecule has 6 heteroatoms. The summed E-state index contributed by atoms with van der Waals surface area (Å²) in [4.78, 5) is 34.0. The van der Waals surface area contributed by atoms with Crippen LogP contribution in [0.1, 0.15) is 88.6 Å². The highest BCUT2D eigenvalue weighted by Gasteiger charge is 2.29. The number of nitrogens with one attached hydrogen (secondary N) is 1. The Morgan fingerprint density at radius 2 is 1.57 bits per heavy atom. The number of imidazole rings is 1. The third-order valence-electron chi connectivity index (χ3n) is 8.23. The SMILES string of the molecule is CC(NC(=O)C1CCCCC1)c1nc2ccccc2n1CC(=O)N(Cc1ccccc1)C1CCCCC1. The van der Waals surface area contributed by atoms with Crippen LogP contribution in [0.4, 0.5) is 0 Å². The van der Waals surface area contributed by atoms with Gasteiger partial charge in [-0.2, -0.15) is 0 Å². The maximum atomic E-state index is 14.0. The van der Waals surface area contributed by atoms with Gasteiger partial charge in [-0.05, 0) is 50.3 Å². The van der Waals surface area contributed by atoms with Crippen molar-refractivity contribution in [3.63, 3.8) is 0 Å². The molecule has 0 spiro atoms. The predicted octanol–water partition coefficient (Wildman–Crippen LogP) is 6.16. The first kappa shape index (κ1) is 25.5. The number of aromatic nitrogens is 2. The lowest BCUT2D eigenvalue weighted by molar-refractivity contribution is -0.135. The molecule has 1 atom stereocenters. The van der Waals surface area contributed by atoms with Crippen LogP contribution in [0.15, 0.2) is 54.6 Å². The van der Waals surface area contributed by atoms with Gasteiger partial charge in [-0.15, -0.1) is 0 Å². The molecule has 2 aromatic carbocycles. The zero-order valence-corrected chi connectivity index (χ0v) is 22.1. The molecule has 37 heavy (non-hydrogen) atoms. The highest BCUT2D eigenvalue weighted by atomic mass is 16.2. The van der Waals surface area contributed by atoms with Crippen LogP contribution in [0.25, 0.3) is 11.0 Å². The first-order valence-electron chi connectivity index (χ1n) is 14.2. The normalized spacial score (nSPS) is 18.0. The molecule has 196 valence electrons. The van der Waals surface area contributed by atoms with Crippen LogP contribution in [0.3, 0.4) is 0 Å². The first-order valence-corrected chi connectivity index (χ1v) is 14.2. The van der Waals surface area contributed by atoms with Crippen LogP contribution in [-0.4, -0.2) is 32.3 Å². The van der Waals surface area contributed by atoms with E-state index in [2.05, 4.69) is 22.3 Å². The highest BCUT2D eigenvalue weighted by molar-refractivity contribution is 5.82. The molecule has 1 heterocycles. The average Bonchev–Trinajstić information content (AvgIpc) is 3.31. The summed E-state index contributed by atoms with van der Waals surface area (Å²) in [7, 11) is 0. The number of rotatable bonds is 8. The number of carbonyl (C=O) groups is 2. The summed E-state index contributed by atoms with van der Waals surface area (Å²) in [5.41, 5.74) is 2.95. The van der Waals surface area contributed by atoms with Crippen LogP contribution >= 0.6 is 0 Å². The minimum atomic E-state index is -0.271. The molecule has 3 aromatic rings. The zero-order valence-electron chi connectivity index (χ0n) is 22.1. The molecule has 2 amide bonds. The molecule has 0 radical (unpaired) electrons. The van der Waals surface area contributed by atoms with Gasteiger partial charge in [0.2, 0.25) is 11.8 Å². The Kier molecular flexibility index (Phi) is 8.22. The van der Waals surface area contributed by atoms with Crippen LogP contribution in [0.5, 0.6) is 0 Å². The van der Waals surface area contributed by atoms with Crippen LogP contribution in [-0.2, 0) is 22.7 Å². The van der Waals surface area contributed by atoms with Crippen molar-refractivity contribution in [1.82, 2.24) is 19.8 Å². The average molecular weight is 501 g/mol. The summed E-state index contributed by atoms with van der Waals surface area (Å²) < 4.78 is 2.03. The Morgan fingerprint density at radius 1 is 0.919 bits per heavy atom. The molecule has 6 nitrogen and oxygen atoms in total. The van der Waals surface area contributed by atoms with Crippen molar-refractivity contribution >= 4 is 22.8 Å². The number of para-hydroxylation sites is 2.